The molecule has 16 heavy (non-hydrogen) atoms. The molecule has 0 fully saturated rings. The quantitative estimate of drug-likeness (QED) is 0.389. The van der Waals surface area contributed by atoms with Crippen molar-refractivity contribution in [1.29, 1.82) is 0 Å². The fourth-order valence-electron chi connectivity index (χ4n) is 1.26. The number of para-hydroxylation sites is 1. The third-order valence-electron chi connectivity index (χ3n) is 2.05. The van der Waals surface area contributed by atoms with Gasteiger partial charge in [0.05, 0.1) is 19.8 Å². The number of aliphatic hydroxyl groups excluding tert-OH is 2. The zero-order chi connectivity index (χ0) is 11.8. The molecule has 0 bridgehead atoms. The Hall–Kier alpha value is -1.14. The van der Waals surface area contributed by atoms with E-state index in [0.29, 0.717) is 18.7 Å². The van der Waals surface area contributed by atoms with Crippen LogP contribution in [0, 0.1) is 0 Å². The molecule has 0 radical (unpaired) electrons. The Kier molecular flexibility index (Phi) is 5.81. The number of ether oxygens (including phenoxy) is 1. The van der Waals surface area contributed by atoms with E-state index in [9.17, 15) is 10.2 Å². The van der Waals surface area contributed by atoms with Crippen LogP contribution in [0.5, 0.6) is 5.75 Å². The van der Waals surface area contributed by atoms with Crippen LogP contribution >= 0.6 is 0 Å². The Labute approximate surface area is 94.3 Å². The second-order valence-corrected chi connectivity index (χ2v) is 3.25. The Morgan fingerprint density at radius 3 is 2.69 bits per heavy atom. The molecule has 4 N–H and O–H groups in total. The van der Waals surface area contributed by atoms with E-state index in [-0.39, 0.29) is 19.0 Å². The van der Waals surface area contributed by atoms with Crippen molar-refractivity contribution in [3.05, 3.63) is 29.8 Å². The fourth-order valence-corrected chi connectivity index (χ4v) is 1.26. The highest BCUT2D eigenvalue weighted by atomic mass is 16.5. The second-order valence-electron chi connectivity index (χ2n) is 3.25. The molecule has 0 aliphatic carbocycles. The van der Waals surface area contributed by atoms with Gasteiger partial charge in [-0.05, 0) is 6.07 Å². The zero-order valence-electron chi connectivity index (χ0n) is 8.97. The number of hydrogen-bond acceptors (Lipinski definition) is 5. The average molecular weight is 227 g/mol. The minimum absolute atomic E-state index is 0.0119. The lowest BCUT2D eigenvalue weighted by Gasteiger charge is -2.14. The largest absolute Gasteiger partial charge is 0.508 e. The SMILES string of the molecule is OCCOCCNC(O)c1ccccc1O. The van der Waals surface area contributed by atoms with Crippen molar-refractivity contribution in [2.24, 2.45) is 0 Å². The van der Waals surface area contributed by atoms with Crippen LogP contribution in [-0.2, 0) is 4.74 Å². The summed E-state index contributed by atoms with van der Waals surface area (Å²) in [5.74, 6) is 0.0544. The van der Waals surface area contributed by atoms with Crippen LogP contribution in [0.25, 0.3) is 0 Å². The first-order valence-corrected chi connectivity index (χ1v) is 5.13. The molecule has 1 aromatic carbocycles. The predicted molar refractivity (Wildman–Crippen MR) is 59.0 cm³/mol. The van der Waals surface area contributed by atoms with E-state index >= 15 is 0 Å². The molecular formula is C11H17NO4. The standard InChI is InChI=1S/C11H17NO4/c13-6-8-16-7-5-12-11(15)9-3-1-2-4-10(9)14/h1-4,11-15H,5-8H2. The maximum atomic E-state index is 9.68. The number of aromatic hydroxyl groups is 1. The molecule has 0 saturated carbocycles. The summed E-state index contributed by atoms with van der Waals surface area (Å²) >= 11 is 0. The van der Waals surface area contributed by atoms with Gasteiger partial charge in [-0.1, -0.05) is 18.2 Å². The van der Waals surface area contributed by atoms with E-state index in [1.54, 1.807) is 18.2 Å². The van der Waals surface area contributed by atoms with E-state index in [2.05, 4.69) is 5.32 Å². The summed E-state index contributed by atoms with van der Waals surface area (Å²) in [6.07, 6.45) is -0.918. The highest BCUT2D eigenvalue weighted by Gasteiger charge is 2.09. The number of phenolic OH excluding ortho intramolecular Hbond substituents is 1. The molecule has 0 saturated heterocycles. The number of aliphatic hydroxyl groups is 2. The molecule has 0 aromatic heterocycles. The first kappa shape index (κ1) is 12.9. The zero-order valence-corrected chi connectivity index (χ0v) is 8.97. The molecule has 1 aromatic rings. The maximum Gasteiger partial charge on any atom is 0.134 e. The van der Waals surface area contributed by atoms with Crippen molar-refractivity contribution in [2.75, 3.05) is 26.4 Å². The molecule has 0 aliphatic rings. The van der Waals surface area contributed by atoms with Crippen LogP contribution in [-0.4, -0.2) is 41.7 Å². The third-order valence-corrected chi connectivity index (χ3v) is 2.05. The molecule has 90 valence electrons. The van der Waals surface area contributed by atoms with E-state index in [1.165, 1.54) is 6.07 Å². The van der Waals surface area contributed by atoms with Crippen molar-refractivity contribution in [1.82, 2.24) is 5.32 Å². The molecular weight excluding hydrogens is 210 g/mol. The topological polar surface area (TPSA) is 82.0 Å². The van der Waals surface area contributed by atoms with E-state index in [1.807, 2.05) is 0 Å². The Morgan fingerprint density at radius 2 is 2.00 bits per heavy atom. The molecule has 1 rings (SSSR count). The normalized spacial score (nSPS) is 12.6. The second kappa shape index (κ2) is 7.19. The van der Waals surface area contributed by atoms with Gasteiger partial charge >= 0.3 is 0 Å². The van der Waals surface area contributed by atoms with Gasteiger partial charge in [-0.25, -0.2) is 0 Å². The highest BCUT2D eigenvalue weighted by Crippen LogP contribution is 2.21. The third kappa shape index (κ3) is 4.16. The van der Waals surface area contributed by atoms with Gasteiger partial charge in [0.15, 0.2) is 0 Å². The van der Waals surface area contributed by atoms with Gasteiger partial charge in [0.25, 0.3) is 0 Å². The number of nitrogens with one attached hydrogen (secondary N) is 1. The summed E-state index contributed by atoms with van der Waals surface area (Å²) in [7, 11) is 0. The van der Waals surface area contributed by atoms with Crippen LogP contribution in [0.4, 0.5) is 0 Å². The molecule has 0 spiro atoms. The predicted octanol–water partition coefficient (Wildman–Crippen LogP) is -0.0184. The summed E-state index contributed by atoms with van der Waals surface area (Å²) in [5, 5.41) is 30.4. The minimum Gasteiger partial charge on any atom is -0.508 e. The first-order chi connectivity index (χ1) is 7.75. The van der Waals surface area contributed by atoms with E-state index in [4.69, 9.17) is 9.84 Å². The van der Waals surface area contributed by atoms with Gasteiger partial charge in [0, 0.05) is 12.1 Å². The van der Waals surface area contributed by atoms with Gasteiger partial charge in [-0.3, -0.25) is 5.32 Å². The monoisotopic (exact) mass is 227 g/mol. The summed E-state index contributed by atoms with van der Waals surface area (Å²) in [4.78, 5) is 0. The number of hydrogen-bond donors (Lipinski definition) is 4. The van der Waals surface area contributed by atoms with E-state index < -0.39 is 6.23 Å². The molecule has 5 nitrogen and oxygen atoms in total. The van der Waals surface area contributed by atoms with Crippen molar-refractivity contribution in [2.45, 2.75) is 6.23 Å². The average Bonchev–Trinajstić information content (AvgIpc) is 2.29. The lowest BCUT2D eigenvalue weighted by Crippen LogP contribution is -2.25. The fraction of sp³-hybridized carbons (Fsp3) is 0.455. The maximum absolute atomic E-state index is 9.68. The molecule has 1 unspecified atom stereocenters. The summed E-state index contributed by atoms with van der Waals surface area (Å²) in [6, 6.07) is 6.59. The summed E-state index contributed by atoms with van der Waals surface area (Å²) in [5.41, 5.74) is 0.435. The van der Waals surface area contributed by atoms with Gasteiger partial charge in [-0.15, -0.1) is 0 Å². The molecule has 0 heterocycles. The van der Waals surface area contributed by atoms with Crippen LogP contribution in [0.3, 0.4) is 0 Å². The van der Waals surface area contributed by atoms with Gasteiger partial charge in [0.1, 0.15) is 12.0 Å². The van der Waals surface area contributed by atoms with Gasteiger partial charge in [0.2, 0.25) is 0 Å². The number of benzene rings is 1. The Balaban J connectivity index is 2.30. The Morgan fingerprint density at radius 1 is 1.25 bits per heavy atom. The van der Waals surface area contributed by atoms with E-state index in [0.717, 1.165) is 0 Å². The van der Waals surface area contributed by atoms with Crippen LogP contribution < -0.4 is 5.32 Å². The van der Waals surface area contributed by atoms with Crippen LogP contribution in [0.2, 0.25) is 0 Å². The summed E-state index contributed by atoms with van der Waals surface area (Å²) in [6.45, 7) is 1.11. The minimum atomic E-state index is -0.918. The van der Waals surface area contributed by atoms with Gasteiger partial charge in [-0.2, -0.15) is 0 Å². The molecule has 1 atom stereocenters. The molecule has 0 aliphatic heterocycles. The lowest BCUT2D eigenvalue weighted by molar-refractivity contribution is 0.0762. The summed E-state index contributed by atoms with van der Waals surface area (Å²) < 4.78 is 5.01. The van der Waals surface area contributed by atoms with Crippen LogP contribution in [0.15, 0.2) is 24.3 Å². The van der Waals surface area contributed by atoms with Crippen molar-refractivity contribution >= 4 is 0 Å². The molecule has 5 heteroatoms. The smallest absolute Gasteiger partial charge is 0.134 e. The van der Waals surface area contributed by atoms with Crippen molar-refractivity contribution < 1.29 is 20.1 Å². The number of rotatable bonds is 7. The number of phenols is 1. The van der Waals surface area contributed by atoms with Crippen LogP contribution in [0.1, 0.15) is 11.8 Å². The first-order valence-electron chi connectivity index (χ1n) is 5.13. The lowest BCUT2D eigenvalue weighted by atomic mass is 10.2. The van der Waals surface area contributed by atoms with Gasteiger partial charge < -0.3 is 20.1 Å². The van der Waals surface area contributed by atoms with Crippen molar-refractivity contribution in [3.8, 4) is 5.75 Å². The highest BCUT2D eigenvalue weighted by molar-refractivity contribution is 5.33. The Bertz CT molecular complexity index is 306. The molecule has 0 amide bonds. The van der Waals surface area contributed by atoms with Crippen molar-refractivity contribution in [3.63, 3.8) is 0 Å².